The Bertz CT molecular complexity index is 99.8. The van der Waals surface area contributed by atoms with Crippen molar-refractivity contribution in [2.45, 2.75) is 13.8 Å². The molecule has 10 heavy (non-hydrogen) atoms. The number of likely N-dealkylation sites (tertiary alicyclic amines) is 1. The van der Waals surface area contributed by atoms with Gasteiger partial charge in [0.1, 0.15) is 0 Å². The second kappa shape index (κ2) is 3.39. The number of hydrogen-bond donors (Lipinski definition) is 0. The summed E-state index contributed by atoms with van der Waals surface area (Å²) >= 11 is 0. The number of rotatable bonds is 0. The number of hydrogen-bond acceptors (Lipinski definition) is 0. The fourth-order valence-corrected chi connectivity index (χ4v) is 1.99. The SMILES string of the molecule is CC1C[N+](C)(C)CC1C.[I-]. The van der Waals surface area contributed by atoms with E-state index in [1.54, 1.807) is 0 Å². The van der Waals surface area contributed by atoms with Crippen molar-refractivity contribution in [2.75, 3.05) is 27.2 Å². The van der Waals surface area contributed by atoms with Crippen LogP contribution in [-0.2, 0) is 0 Å². The molecule has 0 bridgehead atoms. The molecule has 62 valence electrons. The highest BCUT2D eigenvalue weighted by Gasteiger charge is 2.33. The van der Waals surface area contributed by atoms with Crippen LogP contribution in [0.15, 0.2) is 0 Å². The van der Waals surface area contributed by atoms with Gasteiger partial charge in [0.25, 0.3) is 0 Å². The molecule has 2 unspecified atom stereocenters. The minimum atomic E-state index is 0. The van der Waals surface area contributed by atoms with E-state index in [2.05, 4.69) is 27.9 Å². The van der Waals surface area contributed by atoms with Crippen molar-refractivity contribution in [3.8, 4) is 0 Å². The van der Waals surface area contributed by atoms with Crippen LogP contribution in [0, 0.1) is 11.8 Å². The van der Waals surface area contributed by atoms with Gasteiger partial charge in [-0.15, -0.1) is 0 Å². The van der Waals surface area contributed by atoms with Crippen molar-refractivity contribution >= 4 is 0 Å². The molecule has 0 aromatic heterocycles. The predicted molar refractivity (Wildman–Crippen MR) is 40.2 cm³/mol. The molecule has 0 spiro atoms. The molecule has 0 amide bonds. The van der Waals surface area contributed by atoms with Crippen LogP contribution in [0.25, 0.3) is 0 Å². The highest BCUT2D eigenvalue weighted by atomic mass is 127. The van der Waals surface area contributed by atoms with E-state index in [-0.39, 0.29) is 24.0 Å². The molecule has 0 aliphatic carbocycles. The van der Waals surface area contributed by atoms with E-state index >= 15 is 0 Å². The summed E-state index contributed by atoms with van der Waals surface area (Å²) in [6.45, 7) is 7.44. The van der Waals surface area contributed by atoms with E-state index in [9.17, 15) is 0 Å². The molecule has 1 fully saturated rings. The lowest BCUT2D eigenvalue weighted by Gasteiger charge is -2.23. The van der Waals surface area contributed by atoms with Crippen molar-refractivity contribution in [1.82, 2.24) is 0 Å². The Hall–Kier alpha value is 0.690. The third-order valence-electron chi connectivity index (χ3n) is 2.54. The molecular weight excluding hydrogens is 237 g/mol. The number of quaternary nitrogens is 1. The summed E-state index contributed by atoms with van der Waals surface area (Å²) in [5, 5.41) is 0. The fraction of sp³-hybridized carbons (Fsp3) is 1.00. The van der Waals surface area contributed by atoms with Gasteiger partial charge in [-0.3, -0.25) is 0 Å². The standard InChI is InChI=1S/C8H18N.HI/c1-7-5-9(3,4)6-8(7)2;/h7-8H,5-6H2,1-4H3;1H/q+1;/p-1. The largest absolute Gasteiger partial charge is 1.00 e. The third-order valence-corrected chi connectivity index (χ3v) is 2.54. The van der Waals surface area contributed by atoms with E-state index in [0.29, 0.717) is 0 Å². The van der Waals surface area contributed by atoms with Crippen molar-refractivity contribution in [3.63, 3.8) is 0 Å². The van der Waals surface area contributed by atoms with Crippen molar-refractivity contribution in [3.05, 3.63) is 0 Å². The summed E-state index contributed by atoms with van der Waals surface area (Å²) in [6.07, 6.45) is 0. The maximum atomic E-state index is 2.36. The van der Waals surface area contributed by atoms with Gasteiger partial charge in [0.2, 0.25) is 0 Å². The van der Waals surface area contributed by atoms with Gasteiger partial charge in [0, 0.05) is 11.8 Å². The Morgan fingerprint density at radius 3 is 1.40 bits per heavy atom. The molecule has 2 atom stereocenters. The molecule has 0 N–H and O–H groups in total. The van der Waals surface area contributed by atoms with E-state index in [1.807, 2.05) is 0 Å². The normalized spacial score (nSPS) is 37.2. The average Bonchev–Trinajstić information content (AvgIpc) is 1.79. The van der Waals surface area contributed by atoms with E-state index in [0.717, 1.165) is 11.8 Å². The summed E-state index contributed by atoms with van der Waals surface area (Å²) in [7, 11) is 4.64. The van der Waals surface area contributed by atoms with Gasteiger partial charge in [-0.2, -0.15) is 0 Å². The van der Waals surface area contributed by atoms with Crippen LogP contribution >= 0.6 is 0 Å². The second-order valence-corrected chi connectivity index (χ2v) is 4.26. The minimum Gasteiger partial charge on any atom is -1.00 e. The molecule has 0 aromatic carbocycles. The Balaban J connectivity index is 0.000000810. The first-order valence-corrected chi connectivity index (χ1v) is 3.83. The van der Waals surface area contributed by atoms with Crippen LogP contribution in [0.2, 0.25) is 0 Å². The zero-order valence-corrected chi connectivity index (χ0v) is 9.55. The number of nitrogens with zero attached hydrogens (tertiary/aromatic N) is 1. The van der Waals surface area contributed by atoms with Crippen LogP contribution in [0.4, 0.5) is 0 Å². The summed E-state index contributed by atoms with van der Waals surface area (Å²) in [5.41, 5.74) is 0. The van der Waals surface area contributed by atoms with E-state index < -0.39 is 0 Å². The highest BCUT2D eigenvalue weighted by Crippen LogP contribution is 2.25. The van der Waals surface area contributed by atoms with Gasteiger partial charge in [-0.05, 0) is 0 Å². The first-order valence-electron chi connectivity index (χ1n) is 3.83. The molecular formula is C8H18IN. The molecule has 0 saturated carbocycles. The summed E-state index contributed by atoms with van der Waals surface area (Å²) in [6, 6.07) is 0. The average molecular weight is 255 g/mol. The smallest absolute Gasteiger partial charge is 0.0813 e. The lowest BCUT2D eigenvalue weighted by atomic mass is 10.0. The van der Waals surface area contributed by atoms with Gasteiger partial charge in [-0.25, -0.2) is 0 Å². The van der Waals surface area contributed by atoms with Crippen molar-refractivity contribution < 1.29 is 28.5 Å². The first-order chi connectivity index (χ1) is 4.01. The topological polar surface area (TPSA) is 0 Å². The Labute approximate surface area is 81.4 Å². The van der Waals surface area contributed by atoms with Crippen molar-refractivity contribution in [1.29, 1.82) is 0 Å². The van der Waals surface area contributed by atoms with Gasteiger partial charge in [-0.1, -0.05) is 13.8 Å². The van der Waals surface area contributed by atoms with E-state index in [4.69, 9.17) is 0 Å². The third kappa shape index (κ3) is 2.38. The van der Waals surface area contributed by atoms with Crippen LogP contribution in [0.1, 0.15) is 13.8 Å². The lowest BCUT2D eigenvalue weighted by molar-refractivity contribution is -0.880. The zero-order chi connectivity index (χ0) is 7.07. The molecule has 1 aliphatic heterocycles. The maximum Gasteiger partial charge on any atom is 0.0813 e. The van der Waals surface area contributed by atoms with E-state index in [1.165, 1.54) is 17.6 Å². The van der Waals surface area contributed by atoms with Gasteiger partial charge in [0.15, 0.2) is 0 Å². The molecule has 1 heterocycles. The van der Waals surface area contributed by atoms with Gasteiger partial charge in [0.05, 0.1) is 27.2 Å². The molecule has 1 saturated heterocycles. The van der Waals surface area contributed by atoms with Crippen LogP contribution in [-0.4, -0.2) is 31.7 Å². The Kier molecular flexibility index (Phi) is 3.62. The zero-order valence-electron chi connectivity index (χ0n) is 7.39. The summed E-state index contributed by atoms with van der Waals surface area (Å²) in [5.74, 6) is 1.86. The number of halogens is 1. The van der Waals surface area contributed by atoms with Crippen LogP contribution in [0.3, 0.4) is 0 Å². The molecule has 0 radical (unpaired) electrons. The molecule has 0 aromatic rings. The first kappa shape index (κ1) is 10.7. The fourth-order valence-electron chi connectivity index (χ4n) is 1.99. The molecule has 2 heteroatoms. The van der Waals surface area contributed by atoms with Gasteiger partial charge >= 0.3 is 0 Å². The lowest BCUT2D eigenvalue weighted by Crippen LogP contribution is -3.00. The van der Waals surface area contributed by atoms with Crippen LogP contribution < -0.4 is 24.0 Å². The summed E-state index contributed by atoms with van der Waals surface area (Å²) < 4.78 is 1.22. The quantitative estimate of drug-likeness (QED) is 0.359. The monoisotopic (exact) mass is 255 g/mol. The Morgan fingerprint density at radius 2 is 1.30 bits per heavy atom. The predicted octanol–water partition coefficient (Wildman–Crippen LogP) is -1.65. The highest BCUT2D eigenvalue weighted by molar-refractivity contribution is 4.66. The Morgan fingerprint density at radius 1 is 1.00 bits per heavy atom. The van der Waals surface area contributed by atoms with Crippen molar-refractivity contribution in [2.24, 2.45) is 11.8 Å². The minimum absolute atomic E-state index is 0. The van der Waals surface area contributed by atoms with Gasteiger partial charge < -0.3 is 28.5 Å². The second-order valence-electron chi connectivity index (χ2n) is 4.26. The molecule has 1 aliphatic rings. The maximum absolute atomic E-state index is 2.36. The molecule has 1 rings (SSSR count). The summed E-state index contributed by atoms with van der Waals surface area (Å²) in [4.78, 5) is 0. The molecule has 1 nitrogen and oxygen atoms in total. The van der Waals surface area contributed by atoms with Crippen LogP contribution in [0.5, 0.6) is 0 Å².